The highest BCUT2D eigenvalue weighted by Gasteiger charge is 2.24. The van der Waals surface area contributed by atoms with Crippen molar-refractivity contribution in [3.63, 3.8) is 0 Å². The summed E-state index contributed by atoms with van der Waals surface area (Å²) in [6.07, 6.45) is 10.4. The standard InChI is InChI=1S/C15H15N3O3S2/c19-23(20,12-7-17-18(10-12)11-3-1-2-4-11)21-14-8-16-9-15-13(14)5-6-22-15/h5-11H,1-4H2. The van der Waals surface area contributed by atoms with Crippen LogP contribution < -0.4 is 4.18 Å². The van der Waals surface area contributed by atoms with Gasteiger partial charge in [0.05, 0.1) is 23.1 Å². The summed E-state index contributed by atoms with van der Waals surface area (Å²) in [5.41, 5.74) is 0. The summed E-state index contributed by atoms with van der Waals surface area (Å²) >= 11 is 1.49. The first-order valence-corrected chi connectivity index (χ1v) is 9.72. The number of fused-ring (bicyclic) bond motifs is 1. The second-order valence-electron chi connectivity index (χ2n) is 5.60. The van der Waals surface area contributed by atoms with E-state index in [9.17, 15) is 8.42 Å². The van der Waals surface area contributed by atoms with Crippen molar-refractivity contribution in [2.24, 2.45) is 0 Å². The minimum Gasteiger partial charge on any atom is -0.377 e. The molecule has 120 valence electrons. The van der Waals surface area contributed by atoms with E-state index < -0.39 is 10.1 Å². The Kier molecular flexibility index (Phi) is 3.57. The minimum absolute atomic E-state index is 0.0802. The van der Waals surface area contributed by atoms with Crippen LogP contribution in [0.5, 0.6) is 5.75 Å². The maximum atomic E-state index is 12.5. The molecule has 3 aromatic heterocycles. The highest BCUT2D eigenvalue weighted by Crippen LogP contribution is 2.32. The van der Waals surface area contributed by atoms with Crippen molar-refractivity contribution in [2.45, 2.75) is 36.6 Å². The summed E-state index contributed by atoms with van der Waals surface area (Å²) < 4.78 is 32.9. The Labute approximate surface area is 137 Å². The molecule has 0 unspecified atom stereocenters. The Bertz CT molecular complexity index is 940. The second-order valence-corrected chi connectivity index (χ2v) is 8.10. The van der Waals surface area contributed by atoms with Gasteiger partial charge in [-0.2, -0.15) is 13.5 Å². The van der Waals surface area contributed by atoms with Crippen LogP contribution in [0.1, 0.15) is 31.7 Å². The molecule has 1 saturated carbocycles. The summed E-state index contributed by atoms with van der Waals surface area (Å²) in [6, 6.07) is 2.12. The first kappa shape index (κ1) is 14.6. The van der Waals surface area contributed by atoms with E-state index in [1.165, 1.54) is 23.7 Å². The molecule has 3 heterocycles. The van der Waals surface area contributed by atoms with Crippen molar-refractivity contribution in [3.05, 3.63) is 36.2 Å². The van der Waals surface area contributed by atoms with Crippen molar-refractivity contribution in [1.82, 2.24) is 14.8 Å². The Hall–Kier alpha value is -1.93. The van der Waals surface area contributed by atoms with Crippen molar-refractivity contribution in [2.75, 3.05) is 0 Å². The normalized spacial score (nSPS) is 16.2. The van der Waals surface area contributed by atoms with Gasteiger partial charge >= 0.3 is 10.1 Å². The lowest BCUT2D eigenvalue weighted by Gasteiger charge is -2.08. The number of rotatable bonds is 4. The smallest absolute Gasteiger partial charge is 0.342 e. The first-order chi connectivity index (χ1) is 11.1. The molecule has 1 fully saturated rings. The Balaban J connectivity index is 1.64. The monoisotopic (exact) mass is 349 g/mol. The fourth-order valence-electron chi connectivity index (χ4n) is 2.92. The summed E-state index contributed by atoms with van der Waals surface area (Å²) in [6.45, 7) is 0. The molecule has 8 heteroatoms. The van der Waals surface area contributed by atoms with Crippen LogP contribution in [0.2, 0.25) is 0 Å². The van der Waals surface area contributed by atoms with Gasteiger partial charge < -0.3 is 4.18 Å². The van der Waals surface area contributed by atoms with Gasteiger partial charge in [0.2, 0.25) is 0 Å². The zero-order valence-corrected chi connectivity index (χ0v) is 13.9. The largest absolute Gasteiger partial charge is 0.377 e. The number of hydrogen-bond donors (Lipinski definition) is 0. The molecule has 1 aliphatic rings. The van der Waals surface area contributed by atoms with Gasteiger partial charge in [0, 0.05) is 17.8 Å². The van der Waals surface area contributed by atoms with Gasteiger partial charge in [-0.05, 0) is 24.3 Å². The fourth-order valence-corrected chi connectivity index (χ4v) is 4.56. The average molecular weight is 349 g/mol. The molecule has 6 nitrogen and oxygen atoms in total. The topological polar surface area (TPSA) is 74.1 Å². The molecule has 0 aromatic carbocycles. The Morgan fingerprint density at radius 2 is 2.04 bits per heavy atom. The van der Waals surface area contributed by atoms with Gasteiger partial charge in [0.25, 0.3) is 0 Å². The molecule has 0 radical (unpaired) electrons. The summed E-state index contributed by atoms with van der Waals surface area (Å²) in [5.74, 6) is 0.248. The predicted molar refractivity (Wildman–Crippen MR) is 87.2 cm³/mol. The molecule has 23 heavy (non-hydrogen) atoms. The molecule has 0 N–H and O–H groups in total. The maximum Gasteiger partial charge on any atom is 0.342 e. The third-order valence-corrected chi connectivity index (χ3v) is 6.15. The number of nitrogens with zero attached hydrogens (tertiary/aromatic N) is 3. The van der Waals surface area contributed by atoms with Crippen LogP contribution >= 0.6 is 11.3 Å². The van der Waals surface area contributed by atoms with E-state index in [1.807, 2.05) is 11.4 Å². The van der Waals surface area contributed by atoms with E-state index in [4.69, 9.17) is 4.18 Å². The van der Waals surface area contributed by atoms with E-state index in [-0.39, 0.29) is 10.6 Å². The average Bonchev–Trinajstić information content (AvgIpc) is 3.27. The highest BCUT2D eigenvalue weighted by atomic mass is 32.2. The quantitative estimate of drug-likeness (QED) is 0.675. The fraction of sp³-hybridized carbons (Fsp3) is 0.333. The van der Waals surface area contributed by atoms with Crippen LogP contribution in [-0.2, 0) is 10.1 Å². The maximum absolute atomic E-state index is 12.5. The van der Waals surface area contributed by atoms with Gasteiger partial charge in [-0.15, -0.1) is 11.3 Å². The number of hydrogen-bond acceptors (Lipinski definition) is 6. The SMILES string of the molecule is O=S(=O)(Oc1cncc2sccc12)c1cnn(C2CCCC2)c1. The molecule has 0 bridgehead atoms. The van der Waals surface area contributed by atoms with Crippen molar-refractivity contribution < 1.29 is 12.6 Å². The molecule has 0 aliphatic heterocycles. The van der Waals surface area contributed by atoms with Crippen molar-refractivity contribution in [3.8, 4) is 5.75 Å². The minimum atomic E-state index is -3.91. The zero-order valence-electron chi connectivity index (χ0n) is 12.3. The molecular formula is C15H15N3O3S2. The molecule has 0 atom stereocenters. The van der Waals surface area contributed by atoms with Gasteiger partial charge in [-0.3, -0.25) is 9.67 Å². The molecule has 3 aromatic rings. The molecule has 0 saturated heterocycles. The third-order valence-electron chi connectivity index (χ3n) is 4.11. The van der Waals surface area contributed by atoms with Crippen molar-refractivity contribution in [1.29, 1.82) is 0 Å². The first-order valence-electron chi connectivity index (χ1n) is 7.43. The van der Waals surface area contributed by atoms with Gasteiger partial charge in [0.1, 0.15) is 4.90 Å². The summed E-state index contributed by atoms with van der Waals surface area (Å²) in [7, 11) is -3.91. The number of aromatic nitrogens is 3. The lowest BCUT2D eigenvalue weighted by molar-refractivity contribution is 0.464. The highest BCUT2D eigenvalue weighted by molar-refractivity contribution is 7.87. The Morgan fingerprint density at radius 3 is 2.87 bits per heavy atom. The lowest BCUT2D eigenvalue weighted by atomic mass is 10.3. The molecule has 0 amide bonds. The second kappa shape index (κ2) is 5.61. The van der Waals surface area contributed by atoms with Crippen LogP contribution in [0.25, 0.3) is 10.1 Å². The van der Waals surface area contributed by atoms with Crippen molar-refractivity contribution >= 4 is 31.5 Å². The zero-order chi connectivity index (χ0) is 15.9. The third kappa shape index (κ3) is 2.72. The molecule has 0 spiro atoms. The summed E-state index contributed by atoms with van der Waals surface area (Å²) in [4.78, 5) is 4.11. The van der Waals surface area contributed by atoms with Gasteiger partial charge in [-0.1, -0.05) is 12.8 Å². The predicted octanol–water partition coefficient (Wildman–Crippen LogP) is 3.38. The molecule has 4 rings (SSSR count). The lowest BCUT2D eigenvalue weighted by Crippen LogP contribution is -2.10. The van der Waals surface area contributed by atoms with E-state index in [2.05, 4.69) is 10.1 Å². The number of pyridine rings is 1. The summed E-state index contributed by atoms with van der Waals surface area (Å²) in [5, 5.41) is 6.83. The van der Waals surface area contributed by atoms with E-state index in [0.717, 1.165) is 35.8 Å². The molecular weight excluding hydrogens is 334 g/mol. The van der Waals surface area contributed by atoms with Crippen LogP contribution in [0.4, 0.5) is 0 Å². The van der Waals surface area contributed by atoms with Gasteiger partial charge in [-0.25, -0.2) is 0 Å². The van der Waals surface area contributed by atoms with Gasteiger partial charge in [0.15, 0.2) is 5.75 Å². The van der Waals surface area contributed by atoms with Crippen LogP contribution in [0, 0.1) is 0 Å². The van der Waals surface area contributed by atoms with E-state index in [1.54, 1.807) is 17.1 Å². The van der Waals surface area contributed by atoms with E-state index >= 15 is 0 Å². The van der Waals surface area contributed by atoms with Crippen LogP contribution in [0.15, 0.2) is 41.1 Å². The number of thiophene rings is 1. The molecule has 1 aliphatic carbocycles. The van der Waals surface area contributed by atoms with Crippen LogP contribution in [-0.4, -0.2) is 23.2 Å². The van der Waals surface area contributed by atoms with E-state index in [0.29, 0.717) is 6.04 Å². The van der Waals surface area contributed by atoms with Crippen LogP contribution in [0.3, 0.4) is 0 Å². The Morgan fingerprint density at radius 1 is 1.22 bits per heavy atom.